The van der Waals surface area contributed by atoms with E-state index in [9.17, 15) is 4.79 Å². The minimum Gasteiger partial charge on any atom is -0.367 e. The third kappa shape index (κ3) is 2.97. The molecular formula is C11H12IN5O. The quantitative estimate of drug-likeness (QED) is 0.814. The van der Waals surface area contributed by atoms with Gasteiger partial charge in [-0.05, 0) is 47.2 Å². The zero-order valence-corrected chi connectivity index (χ0v) is 11.9. The Hall–Kier alpha value is -1.64. The van der Waals surface area contributed by atoms with E-state index in [2.05, 4.69) is 38.0 Å². The molecule has 0 aliphatic carbocycles. The fraction of sp³-hybridized carbons (Fsp3) is 0.182. The molecule has 6 nitrogen and oxygen atoms in total. The van der Waals surface area contributed by atoms with E-state index < -0.39 is 0 Å². The summed E-state index contributed by atoms with van der Waals surface area (Å²) in [4.78, 5) is 15.6. The van der Waals surface area contributed by atoms with Crippen molar-refractivity contribution in [2.24, 2.45) is 0 Å². The lowest BCUT2D eigenvalue weighted by molar-refractivity contribution is -0.116. The molecule has 1 amide bonds. The number of benzene rings is 1. The average molecular weight is 357 g/mol. The third-order valence-corrected chi connectivity index (χ3v) is 3.57. The summed E-state index contributed by atoms with van der Waals surface area (Å²) in [6.45, 7) is 2.06. The first kappa shape index (κ1) is 12.8. The summed E-state index contributed by atoms with van der Waals surface area (Å²) in [5.41, 5.74) is 7.23. The van der Waals surface area contributed by atoms with Crippen molar-refractivity contribution in [3.8, 4) is 0 Å². The van der Waals surface area contributed by atoms with Gasteiger partial charge in [0.2, 0.25) is 11.9 Å². The van der Waals surface area contributed by atoms with Gasteiger partial charge < -0.3 is 11.1 Å². The molecule has 0 aliphatic heterocycles. The van der Waals surface area contributed by atoms with Crippen molar-refractivity contribution in [1.29, 1.82) is 0 Å². The van der Waals surface area contributed by atoms with E-state index in [1.165, 1.54) is 11.0 Å². The predicted octanol–water partition coefficient (Wildman–Crippen LogP) is 1.41. The first-order chi connectivity index (χ1) is 8.56. The van der Waals surface area contributed by atoms with E-state index in [0.29, 0.717) is 0 Å². The first-order valence-corrected chi connectivity index (χ1v) is 6.34. The van der Waals surface area contributed by atoms with Crippen LogP contribution in [0.15, 0.2) is 24.5 Å². The largest absolute Gasteiger partial charge is 0.367 e. The van der Waals surface area contributed by atoms with E-state index in [4.69, 9.17) is 5.73 Å². The van der Waals surface area contributed by atoms with Crippen molar-refractivity contribution in [3.63, 3.8) is 0 Å². The van der Waals surface area contributed by atoms with Crippen LogP contribution < -0.4 is 11.1 Å². The zero-order valence-electron chi connectivity index (χ0n) is 9.72. The minimum absolute atomic E-state index is 0.0924. The maximum Gasteiger partial charge on any atom is 0.246 e. The molecule has 2 rings (SSSR count). The van der Waals surface area contributed by atoms with Crippen molar-refractivity contribution in [2.75, 3.05) is 11.1 Å². The molecule has 0 fully saturated rings. The van der Waals surface area contributed by atoms with Crippen LogP contribution in [-0.2, 0) is 11.3 Å². The second-order valence-electron chi connectivity index (χ2n) is 3.76. The summed E-state index contributed by atoms with van der Waals surface area (Å²) in [5, 5.41) is 6.69. The van der Waals surface area contributed by atoms with Crippen LogP contribution in [-0.4, -0.2) is 20.7 Å². The van der Waals surface area contributed by atoms with Crippen molar-refractivity contribution in [1.82, 2.24) is 14.8 Å². The highest BCUT2D eigenvalue weighted by molar-refractivity contribution is 14.1. The highest BCUT2D eigenvalue weighted by Gasteiger charge is 2.08. The fourth-order valence-electron chi connectivity index (χ4n) is 1.46. The Morgan fingerprint density at radius 2 is 2.33 bits per heavy atom. The molecule has 7 heteroatoms. The predicted molar refractivity (Wildman–Crippen MR) is 77.0 cm³/mol. The SMILES string of the molecule is Cc1c(I)cccc1NC(=O)Cn1cnc(N)n1. The molecule has 0 saturated heterocycles. The molecule has 1 heterocycles. The van der Waals surface area contributed by atoms with Crippen LogP contribution in [0.2, 0.25) is 0 Å². The first-order valence-electron chi connectivity index (χ1n) is 5.26. The number of carbonyl (C=O) groups is 1. The van der Waals surface area contributed by atoms with E-state index in [0.717, 1.165) is 14.8 Å². The minimum atomic E-state index is -0.162. The number of anilines is 2. The number of halogens is 1. The van der Waals surface area contributed by atoms with Gasteiger partial charge in [-0.25, -0.2) is 9.67 Å². The lowest BCUT2D eigenvalue weighted by Crippen LogP contribution is -2.19. The molecule has 0 aliphatic rings. The topological polar surface area (TPSA) is 85.8 Å². The van der Waals surface area contributed by atoms with Gasteiger partial charge in [-0.1, -0.05) is 6.07 Å². The van der Waals surface area contributed by atoms with Gasteiger partial charge in [-0.15, -0.1) is 5.10 Å². The highest BCUT2D eigenvalue weighted by Crippen LogP contribution is 2.20. The molecule has 1 aromatic carbocycles. The van der Waals surface area contributed by atoms with E-state index in [-0.39, 0.29) is 18.4 Å². The Labute approximate surface area is 118 Å². The molecule has 2 aromatic rings. The van der Waals surface area contributed by atoms with Gasteiger partial charge in [0.1, 0.15) is 12.9 Å². The van der Waals surface area contributed by atoms with Gasteiger partial charge in [-0.3, -0.25) is 4.79 Å². The Bertz CT molecular complexity index is 581. The van der Waals surface area contributed by atoms with Gasteiger partial charge >= 0.3 is 0 Å². The van der Waals surface area contributed by atoms with Gasteiger partial charge in [0.05, 0.1) is 0 Å². The molecule has 1 aromatic heterocycles. The maximum absolute atomic E-state index is 11.8. The number of amides is 1. The maximum atomic E-state index is 11.8. The molecule has 18 heavy (non-hydrogen) atoms. The third-order valence-electron chi connectivity index (χ3n) is 2.40. The van der Waals surface area contributed by atoms with Gasteiger partial charge in [0.15, 0.2) is 0 Å². The summed E-state index contributed by atoms with van der Waals surface area (Å²) in [7, 11) is 0. The summed E-state index contributed by atoms with van der Waals surface area (Å²) in [5.74, 6) is -0.00163. The van der Waals surface area contributed by atoms with Crippen molar-refractivity contribution < 1.29 is 4.79 Å². The van der Waals surface area contributed by atoms with Crippen LogP contribution in [0, 0.1) is 10.5 Å². The normalized spacial score (nSPS) is 10.3. The van der Waals surface area contributed by atoms with Crippen molar-refractivity contribution in [2.45, 2.75) is 13.5 Å². The Kier molecular flexibility index (Phi) is 3.80. The lowest BCUT2D eigenvalue weighted by atomic mass is 10.2. The number of carbonyl (C=O) groups excluding carboxylic acids is 1. The summed E-state index contributed by atoms with van der Waals surface area (Å²) in [6, 6.07) is 5.76. The average Bonchev–Trinajstić information content (AvgIpc) is 2.70. The number of nitrogens with one attached hydrogen (secondary N) is 1. The number of hydrogen-bond acceptors (Lipinski definition) is 4. The van der Waals surface area contributed by atoms with Gasteiger partial charge in [-0.2, -0.15) is 0 Å². The molecule has 3 N–H and O–H groups in total. The smallest absolute Gasteiger partial charge is 0.246 e. The van der Waals surface area contributed by atoms with Gasteiger partial charge in [0, 0.05) is 9.26 Å². The Morgan fingerprint density at radius 1 is 1.56 bits per heavy atom. The molecule has 0 atom stereocenters. The number of aromatic nitrogens is 3. The zero-order chi connectivity index (χ0) is 13.1. The fourth-order valence-corrected chi connectivity index (χ4v) is 1.96. The Morgan fingerprint density at radius 3 is 3.00 bits per heavy atom. The van der Waals surface area contributed by atoms with Crippen LogP contribution >= 0.6 is 22.6 Å². The molecule has 94 valence electrons. The van der Waals surface area contributed by atoms with E-state index in [1.54, 1.807) is 0 Å². The lowest BCUT2D eigenvalue weighted by Gasteiger charge is -2.09. The standard InChI is InChI=1S/C11H12IN5O/c1-7-8(12)3-2-4-9(7)15-10(18)5-17-6-14-11(13)16-17/h2-4,6H,5H2,1H3,(H2,13,16)(H,15,18). The molecular weight excluding hydrogens is 345 g/mol. The molecule has 0 saturated carbocycles. The number of nitrogens with zero attached hydrogens (tertiary/aromatic N) is 3. The second kappa shape index (κ2) is 5.34. The molecule has 0 unspecified atom stereocenters. The van der Waals surface area contributed by atoms with Crippen LogP contribution in [0.25, 0.3) is 0 Å². The van der Waals surface area contributed by atoms with Crippen molar-refractivity contribution >= 4 is 40.1 Å². The number of hydrogen-bond donors (Lipinski definition) is 2. The summed E-state index contributed by atoms with van der Waals surface area (Å²) < 4.78 is 2.50. The summed E-state index contributed by atoms with van der Waals surface area (Å²) >= 11 is 2.23. The van der Waals surface area contributed by atoms with Crippen LogP contribution in [0.5, 0.6) is 0 Å². The summed E-state index contributed by atoms with van der Waals surface area (Å²) in [6.07, 6.45) is 1.43. The van der Waals surface area contributed by atoms with Crippen LogP contribution in [0.4, 0.5) is 11.6 Å². The number of nitrogen functional groups attached to an aromatic ring is 1. The second-order valence-corrected chi connectivity index (χ2v) is 4.92. The van der Waals surface area contributed by atoms with Crippen LogP contribution in [0.1, 0.15) is 5.56 Å². The Balaban J connectivity index is 2.05. The number of nitrogens with two attached hydrogens (primary N) is 1. The van der Waals surface area contributed by atoms with E-state index in [1.807, 2.05) is 25.1 Å². The van der Waals surface area contributed by atoms with Gasteiger partial charge in [0.25, 0.3) is 0 Å². The molecule has 0 bridgehead atoms. The number of rotatable bonds is 3. The molecule has 0 spiro atoms. The van der Waals surface area contributed by atoms with E-state index >= 15 is 0 Å². The highest BCUT2D eigenvalue weighted by atomic mass is 127. The van der Waals surface area contributed by atoms with Crippen LogP contribution in [0.3, 0.4) is 0 Å². The molecule has 0 radical (unpaired) electrons. The van der Waals surface area contributed by atoms with Crippen molar-refractivity contribution in [3.05, 3.63) is 33.7 Å². The monoisotopic (exact) mass is 357 g/mol.